The molecule has 0 aliphatic heterocycles. The molecule has 4 heteroatoms. The molecule has 1 aromatic rings. The standard InChI is InChI=1S/C7H8N2O2/c1-5-2-3-6(4-8-5)9-7(10)11/h2-4,9H,1H3,(H,10,11). The van der Waals surface area contributed by atoms with Gasteiger partial charge in [-0.05, 0) is 19.1 Å². The maximum atomic E-state index is 10.1. The SMILES string of the molecule is Cc1ccc(NC(=O)O)cn1. The maximum absolute atomic E-state index is 10.1. The summed E-state index contributed by atoms with van der Waals surface area (Å²) in [5.74, 6) is 0. The average Bonchev–Trinajstić information content (AvgIpc) is 1.93. The Morgan fingerprint density at radius 3 is 2.82 bits per heavy atom. The fourth-order valence-electron chi connectivity index (χ4n) is 0.665. The molecular weight excluding hydrogens is 144 g/mol. The zero-order chi connectivity index (χ0) is 8.27. The first-order chi connectivity index (χ1) is 5.18. The summed E-state index contributed by atoms with van der Waals surface area (Å²) in [4.78, 5) is 14.0. The molecule has 0 unspecified atom stereocenters. The van der Waals surface area contributed by atoms with E-state index in [9.17, 15) is 4.79 Å². The van der Waals surface area contributed by atoms with E-state index in [2.05, 4.69) is 10.3 Å². The van der Waals surface area contributed by atoms with Crippen LogP contribution in [0.1, 0.15) is 5.69 Å². The van der Waals surface area contributed by atoms with Crippen LogP contribution in [0.5, 0.6) is 0 Å². The second-order valence-electron chi connectivity index (χ2n) is 2.12. The molecule has 0 aliphatic rings. The summed E-state index contributed by atoms with van der Waals surface area (Å²) in [6, 6.07) is 3.40. The number of hydrogen-bond acceptors (Lipinski definition) is 2. The van der Waals surface area contributed by atoms with Crippen molar-refractivity contribution in [2.75, 3.05) is 5.32 Å². The monoisotopic (exact) mass is 152 g/mol. The molecule has 0 aromatic carbocycles. The minimum absolute atomic E-state index is 0.489. The van der Waals surface area contributed by atoms with Gasteiger partial charge in [-0.25, -0.2) is 4.79 Å². The van der Waals surface area contributed by atoms with Crippen LogP contribution in [0.15, 0.2) is 18.3 Å². The van der Waals surface area contributed by atoms with Crippen LogP contribution in [0.2, 0.25) is 0 Å². The highest BCUT2D eigenvalue weighted by molar-refractivity contribution is 5.82. The number of aromatic nitrogens is 1. The lowest BCUT2D eigenvalue weighted by Gasteiger charge is -1.98. The molecule has 4 nitrogen and oxygen atoms in total. The molecule has 0 saturated heterocycles. The lowest BCUT2D eigenvalue weighted by molar-refractivity contribution is 0.209. The summed E-state index contributed by atoms with van der Waals surface area (Å²) in [7, 11) is 0. The van der Waals surface area contributed by atoms with Gasteiger partial charge in [-0.2, -0.15) is 0 Å². The van der Waals surface area contributed by atoms with Gasteiger partial charge in [-0.15, -0.1) is 0 Å². The second-order valence-corrected chi connectivity index (χ2v) is 2.12. The first kappa shape index (κ1) is 7.53. The lowest BCUT2D eigenvalue weighted by atomic mass is 10.3. The van der Waals surface area contributed by atoms with Crippen LogP contribution >= 0.6 is 0 Å². The molecule has 1 aromatic heterocycles. The summed E-state index contributed by atoms with van der Waals surface area (Å²) < 4.78 is 0. The zero-order valence-corrected chi connectivity index (χ0v) is 6.03. The first-order valence-electron chi connectivity index (χ1n) is 3.11. The van der Waals surface area contributed by atoms with E-state index >= 15 is 0 Å². The molecule has 58 valence electrons. The Morgan fingerprint density at radius 1 is 1.64 bits per heavy atom. The first-order valence-corrected chi connectivity index (χ1v) is 3.11. The summed E-state index contributed by atoms with van der Waals surface area (Å²) >= 11 is 0. The Bertz CT molecular complexity index is 256. The molecule has 0 bridgehead atoms. The van der Waals surface area contributed by atoms with Gasteiger partial charge in [0.25, 0.3) is 0 Å². The van der Waals surface area contributed by atoms with E-state index < -0.39 is 6.09 Å². The second kappa shape index (κ2) is 3.01. The maximum Gasteiger partial charge on any atom is 0.409 e. The number of nitrogens with zero attached hydrogens (tertiary/aromatic N) is 1. The van der Waals surface area contributed by atoms with Crippen molar-refractivity contribution in [2.45, 2.75) is 6.92 Å². The highest BCUT2D eigenvalue weighted by Gasteiger charge is 1.95. The van der Waals surface area contributed by atoms with Crippen molar-refractivity contribution in [1.29, 1.82) is 0 Å². The van der Waals surface area contributed by atoms with Gasteiger partial charge in [-0.1, -0.05) is 0 Å². The van der Waals surface area contributed by atoms with Gasteiger partial charge in [0.2, 0.25) is 0 Å². The largest absolute Gasteiger partial charge is 0.465 e. The predicted octanol–water partition coefficient (Wildman–Crippen LogP) is 1.48. The third-order valence-corrected chi connectivity index (χ3v) is 1.16. The number of aryl methyl sites for hydroxylation is 1. The van der Waals surface area contributed by atoms with Gasteiger partial charge in [0.05, 0.1) is 11.9 Å². The normalized spacial score (nSPS) is 9.18. The molecule has 11 heavy (non-hydrogen) atoms. The minimum atomic E-state index is -1.07. The van der Waals surface area contributed by atoms with Crippen LogP contribution in [0.25, 0.3) is 0 Å². The van der Waals surface area contributed by atoms with Gasteiger partial charge in [0.15, 0.2) is 0 Å². The molecular formula is C7H8N2O2. The minimum Gasteiger partial charge on any atom is -0.465 e. The molecule has 0 fully saturated rings. The van der Waals surface area contributed by atoms with Crippen molar-refractivity contribution in [3.8, 4) is 0 Å². The molecule has 0 aliphatic carbocycles. The third-order valence-electron chi connectivity index (χ3n) is 1.16. The van der Waals surface area contributed by atoms with E-state index in [0.717, 1.165) is 5.69 Å². The Balaban J connectivity index is 2.74. The quantitative estimate of drug-likeness (QED) is 0.640. The van der Waals surface area contributed by atoms with Gasteiger partial charge >= 0.3 is 6.09 Å². The van der Waals surface area contributed by atoms with Crippen molar-refractivity contribution >= 4 is 11.8 Å². The number of anilines is 1. The van der Waals surface area contributed by atoms with Crippen LogP contribution in [-0.2, 0) is 0 Å². The van der Waals surface area contributed by atoms with Crippen molar-refractivity contribution in [3.05, 3.63) is 24.0 Å². The van der Waals surface area contributed by atoms with Crippen LogP contribution in [0.4, 0.5) is 10.5 Å². The van der Waals surface area contributed by atoms with Gasteiger partial charge in [-0.3, -0.25) is 10.3 Å². The van der Waals surface area contributed by atoms with E-state index in [4.69, 9.17) is 5.11 Å². The topological polar surface area (TPSA) is 62.2 Å². The predicted molar refractivity (Wildman–Crippen MR) is 40.6 cm³/mol. The summed E-state index contributed by atoms with van der Waals surface area (Å²) in [6.07, 6.45) is 0.402. The summed E-state index contributed by atoms with van der Waals surface area (Å²) in [6.45, 7) is 1.84. The van der Waals surface area contributed by atoms with Gasteiger partial charge in [0.1, 0.15) is 0 Å². The van der Waals surface area contributed by atoms with E-state index in [-0.39, 0.29) is 0 Å². The fraction of sp³-hybridized carbons (Fsp3) is 0.143. The van der Waals surface area contributed by atoms with Gasteiger partial charge < -0.3 is 5.11 Å². The Hall–Kier alpha value is -1.58. The molecule has 0 spiro atoms. The third kappa shape index (κ3) is 2.25. The Kier molecular flexibility index (Phi) is 2.06. The van der Waals surface area contributed by atoms with Crippen molar-refractivity contribution in [1.82, 2.24) is 4.98 Å². The highest BCUT2D eigenvalue weighted by atomic mass is 16.4. The zero-order valence-electron chi connectivity index (χ0n) is 6.03. The number of carboxylic acid groups (broad SMARTS) is 1. The van der Waals surface area contributed by atoms with Crippen molar-refractivity contribution < 1.29 is 9.90 Å². The Morgan fingerprint density at radius 2 is 2.36 bits per heavy atom. The van der Waals surface area contributed by atoms with Crippen LogP contribution < -0.4 is 5.32 Å². The average molecular weight is 152 g/mol. The number of carbonyl (C=O) groups is 1. The molecule has 1 heterocycles. The number of hydrogen-bond donors (Lipinski definition) is 2. The van der Waals surface area contributed by atoms with Crippen LogP contribution in [0, 0.1) is 6.92 Å². The van der Waals surface area contributed by atoms with E-state index in [1.54, 1.807) is 12.1 Å². The number of amides is 1. The number of pyridine rings is 1. The van der Waals surface area contributed by atoms with Crippen molar-refractivity contribution in [2.24, 2.45) is 0 Å². The molecule has 1 amide bonds. The summed E-state index contributed by atoms with van der Waals surface area (Å²) in [5, 5.41) is 10.5. The molecule has 0 atom stereocenters. The Labute approximate surface area is 63.9 Å². The van der Waals surface area contributed by atoms with Crippen LogP contribution in [0.3, 0.4) is 0 Å². The fourth-order valence-corrected chi connectivity index (χ4v) is 0.665. The smallest absolute Gasteiger partial charge is 0.409 e. The summed E-state index contributed by atoms with van der Waals surface area (Å²) in [5.41, 5.74) is 1.35. The molecule has 2 N–H and O–H groups in total. The van der Waals surface area contributed by atoms with E-state index in [1.165, 1.54) is 6.20 Å². The molecule has 0 saturated carbocycles. The van der Waals surface area contributed by atoms with Crippen molar-refractivity contribution in [3.63, 3.8) is 0 Å². The lowest BCUT2D eigenvalue weighted by Crippen LogP contribution is -2.07. The van der Waals surface area contributed by atoms with Gasteiger partial charge in [0, 0.05) is 5.69 Å². The number of rotatable bonds is 1. The molecule has 0 radical (unpaired) electrons. The molecule has 1 rings (SSSR count). The van der Waals surface area contributed by atoms with E-state index in [0.29, 0.717) is 5.69 Å². The highest BCUT2D eigenvalue weighted by Crippen LogP contribution is 2.04. The van der Waals surface area contributed by atoms with Crippen LogP contribution in [-0.4, -0.2) is 16.2 Å². The van der Waals surface area contributed by atoms with E-state index in [1.807, 2.05) is 6.92 Å². The number of nitrogens with one attached hydrogen (secondary N) is 1.